The number of benzene rings is 1. The third kappa shape index (κ3) is 3.42. The van der Waals surface area contributed by atoms with Crippen LogP contribution in [0.2, 0.25) is 0 Å². The van der Waals surface area contributed by atoms with Gasteiger partial charge in [0.25, 0.3) is 0 Å². The number of esters is 1. The Morgan fingerprint density at radius 2 is 2.00 bits per heavy atom. The van der Waals surface area contributed by atoms with E-state index in [0.717, 1.165) is 5.56 Å². The van der Waals surface area contributed by atoms with Crippen LogP contribution in [0.15, 0.2) is 30.3 Å². The van der Waals surface area contributed by atoms with Crippen LogP contribution in [-0.2, 0) is 16.0 Å². The number of carbonyl (C=O) groups excluding carboxylic acids is 1. The van der Waals surface area contributed by atoms with Gasteiger partial charge in [-0.15, -0.1) is 5.10 Å². The number of hydrogen-bond donors (Lipinski definition) is 0. The summed E-state index contributed by atoms with van der Waals surface area (Å²) in [6.07, 6.45) is 0. The highest BCUT2D eigenvalue weighted by Crippen LogP contribution is 2.09. The molecule has 1 aromatic heterocycles. The topological polar surface area (TPSA) is 66.2 Å². The number of rotatable bonds is 6. The average Bonchev–Trinajstić information content (AvgIpc) is 2.82. The first-order valence-electron chi connectivity index (χ1n) is 6.32. The smallest absolute Gasteiger partial charge is 0.360 e. The Bertz CT molecular complexity index is 566. The van der Waals surface area contributed by atoms with E-state index < -0.39 is 5.97 Å². The highest BCUT2D eigenvalue weighted by Gasteiger charge is 2.17. The van der Waals surface area contributed by atoms with Crippen molar-refractivity contribution in [3.05, 3.63) is 47.3 Å². The molecule has 0 saturated carbocycles. The summed E-state index contributed by atoms with van der Waals surface area (Å²) in [7, 11) is 1.55. The van der Waals surface area contributed by atoms with Crippen molar-refractivity contribution < 1.29 is 14.3 Å². The lowest BCUT2D eigenvalue weighted by molar-refractivity contribution is 0.0380. The van der Waals surface area contributed by atoms with Crippen LogP contribution in [0.25, 0.3) is 0 Å². The van der Waals surface area contributed by atoms with Gasteiger partial charge >= 0.3 is 5.97 Å². The van der Waals surface area contributed by atoms with Crippen molar-refractivity contribution in [3.8, 4) is 0 Å². The van der Waals surface area contributed by atoms with E-state index in [2.05, 4.69) is 10.3 Å². The Hall–Kier alpha value is -2.21. The minimum Gasteiger partial charge on any atom is -0.458 e. The monoisotopic (exact) mass is 275 g/mol. The maximum atomic E-state index is 11.8. The first-order chi connectivity index (χ1) is 9.72. The Morgan fingerprint density at radius 3 is 2.70 bits per heavy atom. The maximum Gasteiger partial charge on any atom is 0.360 e. The Kier molecular flexibility index (Phi) is 4.84. The predicted octanol–water partition coefficient (Wildman–Crippen LogP) is 1.44. The van der Waals surface area contributed by atoms with E-state index in [1.54, 1.807) is 18.7 Å². The van der Waals surface area contributed by atoms with E-state index in [0.29, 0.717) is 18.8 Å². The van der Waals surface area contributed by atoms with Gasteiger partial charge < -0.3 is 9.47 Å². The molecule has 2 aromatic rings. The summed E-state index contributed by atoms with van der Waals surface area (Å²) >= 11 is 0. The lowest BCUT2D eigenvalue weighted by Gasteiger charge is -2.04. The summed E-state index contributed by atoms with van der Waals surface area (Å²) in [6, 6.07) is 9.87. The van der Waals surface area contributed by atoms with E-state index in [-0.39, 0.29) is 12.3 Å². The van der Waals surface area contributed by atoms with Crippen LogP contribution in [0.1, 0.15) is 21.7 Å². The third-order valence-electron chi connectivity index (χ3n) is 2.87. The number of aromatic nitrogens is 3. The molecule has 0 unspecified atom stereocenters. The van der Waals surface area contributed by atoms with Gasteiger partial charge in [0.15, 0.2) is 5.69 Å². The normalized spacial score (nSPS) is 10.5. The van der Waals surface area contributed by atoms with E-state index in [1.807, 2.05) is 30.3 Å². The molecule has 0 bridgehead atoms. The fourth-order valence-corrected chi connectivity index (χ4v) is 1.74. The molecule has 0 saturated heterocycles. The molecule has 2 rings (SSSR count). The average molecular weight is 275 g/mol. The summed E-state index contributed by atoms with van der Waals surface area (Å²) in [5.74, 6) is -0.473. The molecule has 0 aliphatic heterocycles. The Balaban J connectivity index is 2.05. The summed E-state index contributed by atoms with van der Waals surface area (Å²) in [6.45, 7) is 2.95. The van der Waals surface area contributed by atoms with Crippen molar-refractivity contribution >= 4 is 5.97 Å². The summed E-state index contributed by atoms with van der Waals surface area (Å²) in [5, 5.41) is 7.88. The molecule has 0 N–H and O–H groups in total. The largest absolute Gasteiger partial charge is 0.458 e. The van der Waals surface area contributed by atoms with Gasteiger partial charge in [-0.1, -0.05) is 35.5 Å². The molecule has 106 valence electrons. The number of carbonyl (C=O) groups is 1. The van der Waals surface area contributed by atoms with E-state index in [9.17, 15) is 4.79 Å². The van der Waals surface area contributed by atoms with Crippen LogP contribution in [0.4, 0.5) is 0 Å². The van der Waals surface area contributed by atoms with Crippen LogP contribution >= 0.6 is 0 Å². The van der Waals surface area contributed by atoms with Crippen LogP contribution < -0.4 is 0 Å². The summed E-state index contributed by atoms with van der Waals surface area (Å²) in [5.41, 5.74) is 2.04. The Labute approximate surface area is 117 Å². The minimum atomic E-state index is -0.473. The fraction of sp³-hybridized carbons (Fsp3) is 0.357. The van der Waals surface area contributed by atoms with E-state index >= 15 is 0 Å². The molecule has 20 heavy (non-hydrogen) atoms. The number of hydrogen-bond acceptors (Lipinski definition) is 5. The number of methoxy groups -OCH3 is 1. The maximum absolute atomic E-state index is 11.8. The van der Waals surface area contributed by atoms with Crippen LogP contribution in [0.3, 0.4) is 0 Å². The van der Waals surface area contributed by atoms with Gasteiger partial charge in [-0.05, 0) is 12.5 Å². The second-order valence-corrected chi connectivity index (χ2v) is 4.30. The highest BCUT2D eigenvalue weighted by atomic mass is 16.6. The number of ether oxygens (including phenoxy) is 2. The van der Waals surface area contributed by atoms with Crippen molar-refractivity contribution in [2.24, 2.45) is 0 Å². The van der Waals surface area contributed by atoms with Crippen LogP contribution in [0, 0.1) is 6.92 Å². The second kappa shape index (κ2) is 6.81. The van der Waals surface area contributed by atoms with Crippen molar-refractivity contribution in [2.75, 3.05) is 20.3 Å². The van der Waals surface area contributed by atoms with Crippen molar-refractivity contribution in [2.45, 2.75) is 13.5 Å². The quantitative estimate of drug-likeness (QED) is 0.589. The lowest BCUT2D eigenvalue weighted by Crippen LogP contribution is -2.12. The molecule has 0 spiro atoms. The minimum absolute atomic E-state index is 0.209. The zero-order chi connectivity index (χ0) is 14.4. The SMILES string of the molecule is COCCOC(=O)c1nnn(Cc2ccccc2)c1C. The first-order valence-corrected chi connectivity index (χ1v) is 6.32. The molecular formula is C14H17N3O3. The van der Waals surface area contributed by atoms with Gasteiger partial charge in [0.1, 0.15) is 6.61 Å². The molecule has 1 aromatic carbocycles. The lowest BCUT2D eigenvalue weighted by atomic mass is 10.2. The van der Waals surface area contributed by atoms with Gasteiger partial charge in [-0.25, -0.2) is 9.48 Å². The van der Waals surface area contributed by atoms with Crippen LogP contribution in [0.5, 0.6) is 0 Å². The van der Waals surface area contributed by atoms with Crippen molar-refractivity contribution in [1.82, 2.24) is 15.0 Å². The van der Waals surface area contributed by atoms with Crippen molar-refractivity contribution in [3.63, 3.8) is 0 Å². The molecule has 0 fully saturated rings. The van der Waals surface area contributed by atoms with Gasteiger partial charge in [-0.3, -0.25) is 0 Å². The van der Waals surface area contributed by atoms with Gasteiger partial charge in [0, 0.05) is 7.11 Å². The predicted molar refractivity (Wildman–Crippen MR) is 72.5 cm³/mol. The molecule has 0 atom stereocenters. The zero-order valence-corrected chi connectivity index (χ0v) is 11.6. The first kappa shape index (κ1) is 14.2. The molecular weight excluding hydrogens is 258 g/mol. The number of nitrogens with zero attached hydrogens (tertiary/aromatic N) is 3. The second-order valence-electron chi connectivity index (χ2n) is 4.30. The molecule has 0 radical (unpaired) electrons. The molecule has 0 amide bonds. The molecule has 0 aliphatic carbocycles. The van der Waals surface area contributed by atoms with Crippen molar-refractivity contribution in [1.29, 1.82) is 0 Å². The van der Waals surface area contributed by atoms with Gasteiger partial charge in [-0.2, -0.15) is 0 Å². The summed E-state index contributed by atoms with van der Waals surface area (Å²) in [4.78, 5) is 11.8. The van der Waals surface area contributed by atoms with E-state index in [4.69, 9.17) is 9.47 Å². The third-order valence-corrected chi connectivity index (χ3v) is 2.87. The molecule has 1 heterocycles. The van der Waals surface area contributed by atoms with Gasteiger partial charge in [0.2, 0.25) is 0 Å². The van der Waals surface area contributed by atoms with E-state index in [1.165, 1.54) is 0 Å². The molecule has 6 nitrogen and oxygen atoms in total. The molecule has 6 heteroatoms. The zero-order valence-electron chi connectivity index (χ0n) is 11.6. The highest BCUT2D eigenvalue weighted by molar-refractivity contribution is 5.88. The van der Waals surface area contributed by atoms with Gasteiger partial charge in [0.05, 0.1) is 18.8 Å². The fourth-order valence-electron chi connectivity index (χ4n) is 1.74. The standard InChI is InChI=1S/C14H17N3O3/c1-11-13(14(18)20-9-8-19-2)15-16-17(11)10-12-6-4-3-5-7-12/h3-7H,8-10H2,1-2H3. The summed E-state index contributed by atoms with van der Waals surface area (Å²) < 4.78 is 11.5. The molecule has 0 aliphatic rings. The van der Waals surface area contributed by atoms with Crippen LogP contribution in [-0.4, -0.2) is 41.3 Å². The Morgan fingerprint density at radius 1 is 1.25 bits per heavy atom.